The Bertz CT molecular complexity index is 1250. The van der Waals surface area contributed by atoms with E-state index in [-0.39, 0.29) is 31.1 Å². The van der Waals surface area contributed by atoms with Gasteiger partial charge in [-0.15, -0.1) is 0 Å². The fourth-order valence-electron chi connectivity index (χ4n) is 5.05. The number of hydrogen-bond acceptors (Lipinski definition) is 7. The molecule has 0 saturated carbocycles. The molecule has 1 heterocycles. The Morgan fingerprint density at radius 1 is 0.833 bits per heavy atom. The zero-order valence-electron chi connectivity index (χ0n) is 24.1. The predicted molar refractivity (Wildman–Crippen MR) is 158 cm³/mol. The zero-order chi connectivity index (χ0) is 29.7. The van der Waals surface area contributed by atoms with Crippen LogP contribution in [0.3, 0.4) is 0 Å². The summed E-state index contributed by atoms with van der Waals surface area (Å²) >= 11 is 0. The van der Waals surface area contributed by atoms with Crippen LogP contribution in [0, 0.1) is 0 Å². The van der Waals surface area contributed by atoms with E-state index in [0.29, 0.717) is 32.2 Å². The molecule has 3 atom stereocenters. The highest BCUT2D eigenvalue weighted by Gasteiger charge is 2.32. The van der Waals surface area contributed by atoms with Crippen molar-refractivity contribution in [1.82, 2.24) is 15.7 Å². The first-order chi connectivity index (χ1) is 20.4. The summed E-state index contributed by atoms with van der Waals surface area (Å²) in [6.07, 6.45) is 1.57. The molecule has 224 valence electrons. The molecule has 0 aromatic heterocycles. The third-order valence-corrected chi connectivity index (χ3v) is 7.35. The van der Waals surface area contributed by atoms with Gasteiger partial charge >= 0.3 is 0 Å². The van der Waals surface area contributed by atoms with E-state index < -0.39 is 12.2 Å². The number of unbranched alkanes of at least 4 members (excludes halogenated alkanes) is 1. The molecule has 4 N–H and O–H groups in total. The van der Waals surface area contributed by atoms with Crippen molar-refractivity contribution in [3.8, 4) is 0 Å². The van der Waals surface area contributed by atoms with Crippen LogP contribution in [0.5, 0.6) is 0 Å². The molecule has 9 heteroatoms. The van der Waals surface area contributed by atoms with Gasteiger partial charge in [-0.1, -0.05) is 78.9 Å². The molecule has 42 heavy (non-hydrogen) atoms. The van der Waals surface area contributed by atoms with Crippen LogP contribution in [0.1, 0.15) is 72.3 Å². The number of nitrogens with one attached hydrogen (secondary N) is 2. The number of amides is 2. The fourth-order valence-corrected chi connectivity index (χ4v) is 5.05. The third kappa shape index (κ3) is 9.75. The van der Waals surface area contributed by atoms with Crippen molar-refractivity contribution < 1.29 is 29.4 Å². The molecule has 1 aliphatic rings. The molecule has 1 saturated heterocycles. The van der Waals surface area contributed by atoms with Gasteiger partial charge in [0.05, 0.1) is 18.8 Å². The second-order valence-electron chi connectivity index (χ2n) is 10.8. The molecular formula is C33H41N3O6. The number of benzene rings is 3. The molecular weight excluding hydrogens is 534 g/mol. The highest BCUT2D eigenvalue weighted by Crippen LogP contribution is 2.38. The topological polar surface area (TPSA) is 120 Å². The van der Waals surface area contributed by atoms with Gasteiger partial charge in [0.2, 0.25) is 11.8 Å². The average Bonchev–Trinajstić information content (AvgIpc) is 3.02. The lowest BCUT2D eigenvalue weighted by Crippen LogP contribution is -2.37. The maximum Gasteiger partial charge on any atom is 0.243 e. The lowest BCUT2D eigenvalue weighted by atomic mass is 9.99. The Morgan fingerprint density at radius 2 is 1.48 bits per heavy atom. The van der Waals surface area contributed by atoms with Crippen molar-refractivity contribution in [2.45, 2.75) is 70.3 Å². The SMILES string of the molecule is CN(Cc1ccccc1)C[C@@H]1C[C@H](c2ccc(CO)cc2)O[C@H](c2ccc(CNC(=O)CCCCC(=O)NO)cc2)O1. The number of likely N-dealkylation sites (N-methyl/N-ethyl adjacent to an activating group) is 1. The fraction of sp³-hybridized carbons (Fsp3) is 0.394. The van der Waals surface area contributed by atoms with E-state index in [4.69, 9.17) is 14.7 Å². The number of aliphatic hydroxyl groups is 1. The van der Waals surface area contributed by atoms with Gasteiger partial charge in [-0.05, 0) is 42.1 Å². The first-order valence-electron chi connectivity index (χ1n) is 14.4. The van der Waals surface area contributed by atoms with Gasteiger partial charge in [0, 0.05) is 44.5 Å². The molecule has 0 aliphatic carbocycles. The van der Waals surface area contributed by atoms with Crippen LogP contribution in [0.15, 0.2) is 78.9 Å². The summed E-state index contributed by atoms with van der Waals surface area (Å²) in [5, 5.41) is 20.9. The number of hydrogen-bond donors (Lipinski definition) is 4. The maximum absolute atomic E-state index is 12.2. The van der Waals surface area contributed by atoms with Crippen LogP contribution < -0.4 is 10.8 Å². The lowest BCUT2D eigenvalue weighted by molar-refractivity contribution is -0.252. The van der Waals surface area contributed by atoms with E-state index in [1.54, 1.807) is 5.48 Å². The highest BCUT2D eigenvalue weighted by atomic mass is 16.7. The predicted octanol–water partition coefficient (Wildman–Crippen LogP) is 4.54. The van der Waals surface area contributed by atoms with Crippen molar-refractivity contribution in [2.75, 3.05) is 13.6 Å². The number of carbonyl (C=O) groups is 2. The molecule has 0 radical (unpaired) electrons. The largest absolute Gasteiger partial charge is 0.392 e. The first kappa shape index (κ1) is 31.3. The van der Waals surface area contributed by atoms with E-state index in [0.717, 1.165) is 35.3 Å². The quantitative estimate of drug-likeness (QED) is 0.127. The molecule has 2 amide bonds. The van der Waals surface area contributed by atoms with E-state index in [1.807, 2.05) is 66.7 Å². The summed E-state index contributed by atoms with van der Waals surface area (Å²) in [5.74, 6) is -0.530. The standard InChI is InChI=1S/C33H41N3O6/c1-36(21-25-7-3-2-4-8-25)22-29-19-30(27-15-13-26(23-37)14-16-27)42-33(41-29)28-17-11-24(12-18-28)20-34-31(38)9-5-6-10-32(39)35-40/h2-4,7-8,11-18,29-30,33,37,40H,5-6,9-10,19-23H2,1H3,(H,34,38)(H,35,39)/t29-,30+,33+/m0/s1. The minimum atomic E-state index is -0.545. The monoisotopic (exact) mass is 575 g/mol. The number of ether oxygens (including phenoxy) is 2. The van der Waals surface area contributed by atoms with Crippen molar-refractivity contribution in [3.63, 3.8) is 0 Å². The second kappa shape index (κ2) is 16.1. The van der Waals surface area contributed by atoms with Crippen LogP contribution in [0.2, 0.25) is 0 Å². The molecule has 1 aliphatic heterocycles. The number of carbonyl (C=O) groups excluding carboxylic acids is 2. The van der Waals surface area contributed by atoms with Crippen molar-refractivity contribution in [3.05, 3.63) is 107 Å². The second-order valence-corrected chi connectivity index (χ2v) is 10.8. The van der Waals surface area contributed by atoms with Gasteiger partial charge in [-0.2, -0.15) is 0 Å². The van der Waals surface area contributed by atoms with Gasteiger partial charge in [0.15, 0.2) is 6.29 Å². The summed E-state index contributed by atoms with van der Waals surface area (Å²) in [6, 6.07) is 26.1. The van der Waals surface area contributed by atoms with Crippen LogP contribution >= 0.6 is 0 Å². The van der Waals surface area contributed by atoms with Gasteiger partial charge in [-0.25, -0.2) is 5.48 Å². The van der Waals surface area contributed by atoms with E-state index in [1.165, 1.54) is 5.56 Å². The van der Waals surface area contributed by atoms with E-state index in [9.17, 15) is 14.7 Å². The highest BCUT2D eigenvalue weighted by molar-refractivity contribution is 5.76. The number of aliphatic hydroxyl groups excluding tert-OH is 1. The summed E-state index contributed by atoms with van der Waals surface area (Å²) in [5.41, 5.74) is 6.61. The molecule has 3 aromatic carbocycles. The Balaban J connectivity index is 1.36. The summed E-state index contributed by atoms with van der Waals surface area (Å²) in [6.45, 7) is 1.96. The maximum atomic E-state index is 12.2. The van der Waals surface area contributed by atoms with Crippen molar-refractivity contribution >= 4 is 11.8 Å². The summed E-state index contributed by atoms with van der Waals surface area (Å²) in [7, 11) is 2.10. The molecule has 0 bridgehead atoms. The molecule has 0 unspecified atom stereocenters. The normalized spacial score (nSPS) is 18.5. The van der Waals surface area contributed by atoms with E-state index in [2.05, 4.69) is 29.4 Å². The first-order valence-corrected chi connectivity index (χ1v) is 14.4. The Hall–Kier alpha value is -3.60. The van der Waals surface area contributed by atoms with Crippen LogP contribution in [-0.2, 0) is 38.8 Å². The Kier molecular flexibility index (Phi) is 12.0. The van der Waals surface area contributed by atoms with Gasteiger partial charge in [-0.3, -0.25) is 19.7 Å². The zero-order valence-corrected chi connectivity index (χ0v) is 24.1. The number of rotatable bonds is 14. The Labute approximate surface area is 247 Å². The molecule has 3 aromatic rings. The lowest BCUT2D eigenvalue weighted by Gasteiger charge is -2.38. The molecule has 1 fully saturated rings. The molecule has 0 spiro atoms. The molecule has 9 nitrogen and oxygen atoms in total. The third-order valence-electron chi connectivity index (χ3n) is 7.35. The summed E-state index contributed by atoms with van der Waals surface area (Å²) in [4.78, 5) is 25.5. The minimum absolute atomic E-state index is 0.000595. The van der Waals surface area contributed by atoms with Crippen LogP contribution in [0.4, 0.5) is 0 Å². The van der Waals surface area contributed by atoms with Gasteiger partial charge < -0.3 is 19.9 Å². The number of nitrogens with zero attached hydrogens (tertiary/aromatic N) is 1. The van der Waals surface area contributed by atoms with E-state index >= 15 is 0 Å². The van der Waals surface area contributed by atoms with Gasteiger partial charge in [0.1, 0.15) is 0 Å². The van der Waals surface area contributed by atoms with Crippen molar-refractivity contribution in [2.24, 2.45) is 0 Å². The smallest absolute Gasteiger partial charge is 0.243 e. The molecule has 4 rings (SSSR count). The summed E-state index contributed by atoms with van der Waals surface area (Å²) < 4.78 is 12.9. The van der Waals surface area contributed by atoms with Crippen LogP contribution in [-0.4, -0.2) is 46.7 Å². The van der Waals surface area contributed by atoms with Gasteiger partial charge in [0.25, 0.3) is 0 Å². The van der Waals surface area contributed by atoms with Crippen LogP contribution in [0.25, 0.3) is 0 Å². The Morgan fingerprint density at radius 3 is 2.14 bits per heavy atom. The minimum Gasteiger partial charge on any atom is -0.392 e. The average molecular weight is 576 g/mol. The number of hydroxylamine groups is 1. The van der Waals surface area contributed by atoms with Crippen molar-refractivity contribution in [1.29, 1.82) is 0 Å².